The first kappa shape index (κ1) is 15.7. The Morgan fingerprint density at radius 1 is 1.30 bits per heavy atom. The zero-order valence-corrected chi connectivity index (χ0v) is 14.0. The predicted octanol–water partition coefficient (Wildman–Crippen LogP) is 3.00. The van der Waals surface area contributed by atoms with Gasteiger partial charge < -0.3 is 5.11 Å². The van der Waals surface area contributed by atoms with Gasteiger partial charge in [-0.1, -0.05) is 30.0 Å². The molecule has 1 aromatic heterocycles. The molecule has 2 aromatic rings. The Morgan fingerprint density at radius 2 is 2.13 bits per heavy atom. The third kappa shape index (κ3) is 3.44. The van der Waals surface area contributed by atoms with Crippen LogP contribution >= 0.6 is 35.3 Å². The van der Waals surface area contributed by atoms with Gasteiger partial charge in [0.15, 0.2) is 4.32 Å². The molecule has 1 fully saturated rings. The molecule has 0 spiro atoms. The van der Waals surface area contributed by atoms with Crippen molar-refractivity contribution in [2.45, 2.75) is 0 Å². The van der Waals surface area contributed by atoms with Crippen LogP contribution in [0.4, 0.5) is 0 Å². The second-order valence-electron chi connectivity index (χ2n) is 4.53. The molecule has 0 aliphatic carbocycles. The number of phenols is 1. The van der Waals surface area contributed by atoms with E-state index in [4.69, 9.17) is 12.2 Å². The molecule has 0 radical (unpaired) electrons. The number of hydrogen-bond acceptors (Lipinski definition) is 6. The number of nitrogens with zero attached hydrogens (tertiary/aromatic N) is 1. The molecule has 1 aliphatic heterocycles. The van der Waals surface area contributed by atoms with Gasteiger partial charge in [-0.05, 0) is 47.4 Å². The monoisotopic (exact) mass is 362 g/mol. The molecule has 5 nitrogen and oxygen atoms in total. The number of aromatic hydroxyl groups is 1. The number of thiophene rings is 1. The first-order chi connectivity index (χ1) is 11.0. The average molecular weight is 362 g/mol. The third-order valence-corrected chi connectivity index (χ3v) is 5.09. The van der Waals surface area contributed by atoms with Gasteiger partial charge in [0.2, 0.25) is 0 Å². The number of rotatable bonds is 3. The highest BCUT2D eigenvalue weighted by Gasteiger charge is 2.33. The number of amides is 2. The summed E-state index contributed by atoms with van der Waals surface area (Å²) in [6.07, 6.45) is 1.62. The zero-order chi connectivity index (χ0) is 16.4. The molecule has 0 bridgehead atoms. The number of hydrogen-bond donors (Lipinski definition) is 2. The number of hydrazine groups is 1. The van der Waals surface area contributed by atoms with E-state index in [-0.39, 0.29) is 16.0 Å². The number of thioether (sulfide) groups is 1. The normalized spacial score (nSPS) is 16.2. The highest BCUT2D eigenvalue weighted by molar-refractivity contribution is 8.26. The Hall–Kier alpha value is -2.16. The van der Waals surface area contributed by atoms with E-state index in [9.17, 15) is 14.7 Å². The van der Waals surface area contributed by atoms with Crippen molar-refractivity contribution in [1.82, 2.24) is 10.4 Å². The Balaban J connectivity index is 1.79. The van der Waals surface area contributed by atoms with Gasteiger partial charge in [-0.25, -0.2) is 0 Å². The molecule has 116 valence electrons. The molecule has 1 aromatic carbocycles. The lowest BCUT2D eigenvalue weighted by molar-refractivity contribution is -0.123. The van der Waals surface area contributed by atoms with Gasteiger partial charge in [0, 0.05) is 0 Å². The molecule has 8 heteroatoms. The summed E-state index contributed by atoms with van der Waals surface area (Å²) in [5.41, 5.74) is 3.19. The quantitative estimate of drug-likeness (QED) is 0.649. The van der Waals surface area contributed by atoms with Crippen molar-refractivity contribution in [3.05, 3.63) is 57.1 Å². The predicted molar refractivity (Wildman–Crippen MR) is 94.9 cm³/mol. The van der Waals surface area contributed by atoms with Crippen LogP contribution in [0.2, 0.25) is 0 Å². The lowest BCUT2D eigenvalue weighted by atomic mass is 10.2. The van der Waals surface area contributed by atoms with Gasteiger partial charge in [0.25, 0.3) is 11.8 Å². The van der Waals surface area contributed by atoms with Gasteiger partial charge in [-0.2, -0.15) is 5.01 Å². The highest BCUT2D eigenvalue weighted by Crippen LogP contribution is 2.32. The van der Waals surface area contributed by atoms with E-state index >= 15 is 0 Å². The molecule has 2 N–H and O–H groups in total. The maximum absolute atomic E-state index is 12.4. The molecule has 1 saturated heterocycles. The summed E-state index contributed by atoms with van der Waals surface area (Å²) in [6.45, 7) is 0. The van der Waals surface area contributed by atoms with Crippen LogP contribution in [0.25, 0.3) is 6.08 Å². The first-order valence-electron chi connectivity index (χ1n) is 6.46. The molecular weight excluding hydrogens is 352 g/mol. The average Bonchev–Trinajstić information content (AvgIpc) is 3.12. The van der Waals surface area contributed by atoms with Crippen LogP contribution < -0.4 is 5.43 Å². The SMILES string of the molecule is O=C(NN1C(=O)/C(=C\c2cccc(O)c2)SC1=S)c1cccs1. The van der Waals surface area contributed by atoms with Crippen molar-refractivity contribution in [3.63, 3.8) is 0 Å². The molecule has 23 heavy (non-hydrogen) atoms. The minimum Gasteiger partial charge on any atom is -0.508 e. The van der Waals surface area contributed by atoms with E-state index < -0.39 is 5.91 Å². The molecular formula is C15H10N2O3S3. The minimum atomic E-state index is -0.395. The number of benzene rings is 1. The molecule has 0 unspecified atom stereocenters. The van der Waals surface area contributed by atoms with Gasteiger partial charge in [-0.3, -0.25) is 15.0 Å². The van der Waals surface area contributed by atoms with E-state index in [0.29, 0.717) is 15.3 Å². The van der Waals surface area contributed by atoms with Crippen molar-refractivity contribution in [2.75, 3.05) is 0 Å². The molecule has 0 atom stereocenters. The third-order valence-electron chi connectivity index (χ3n) is 2.92. The van der Waals surface area contributed by atoms with Gasteiger partial charge >= 0.3 is 0 Å². The number of thiocarbonyl (C=S) groups is 1. The van der Waals surface area contributed by atoms with Crippen LogP contribution in [0.1, 0.15) is 15.2 Å². The second-order valence-corrected chi connectivity index (χ2v) is 7.15. The maximum Gasteiger partial charge on any atom is 0.285 e. The molecule has 0 saturated carbocycles. The molecule has 3 rings (SSSR count). The number of phenolic OH excluding ortho intramolecular Hbond substituents is 1. The summed E-state index contributed by atoms with van der Waals surface area (Å²) in [5.74, 6) is -0.664. The summed E-state index contributed by atoms with van der Waals surface area (Å²) >= 11 is 7.53. The molecule has 1 aliphatic rings. The second kappa shape index (κ2) is 6.53. The van der Waals surface area contributed by atoms with Gasteiger partial charge in [-0.15, -0.1) is 11.3 Å². The van der Waals surface area contributed by atoms with E-state index in [2.05, 4.69) is 5.43 Å². The standard InChI is InChI=1S/C15H10N2O3S3/c18-10-4-1-3-9(7-10)8-12-14(20)17(15(21)23-12)16-13(19)11-5-2-6-22-11/h1-8,18H,(H,16,19)/b12-8+. The van der Waals surface area contributed by atoms with Gasteiger partial charge in [0.05, 0.1) is 9.78 Å². The van der Waals surface area contributed by atoms with Crippen LogP contribution in [0, 0.1) is 0 Å². The van der Waals surface area contributed by atoms with Crippen LogP contribution in [-0.4, -0.2) is 26.3 Å². The summed E-state index contributed by atoms with van der Waals surface area (Å²) in [4.78, 5) is 25.3. The van der Waals surface area contributed by atoms with Crippen LogP contribution in [0.5, 0.6) is 5.75 Å². The number of nitrogens with one attached hydrogen (secondary N) is 1. The lowest BCUT2D eigenvalue weighted by Crippen LogP contribution is -2.44. The van der Waals surface area contributed by atoms with E-state index in [0.717, 1.165) is 16.8 Å². The number of carbonyl (C=O) groups excluding carboxylic acids is 2. The Bertz CT molecular complexity index is 815. The maximum atomic E-state index is 12.4. The van der Waals surface area contributed by atoms with Crippen LogP contribution in [0.15, 0.2) is 46.7 Å². The van der Waals surface area contributed by atoms with Crippen molar-refractivity contribution in [1.29, 1.82) is 0 Å². The number of carbonyl (C=O) groups is 2. The summed E-state index contributed by atoms with van der Waals surface area (Å²) < 4.78 is 0.256. The summed E-state index contributed by atoms with van der Waals surface area (Å²) in [7, 11) is 0. The fraction of sp³-hybridized carbons (Fsp3) is 0. The van der Waals surface area contributed by atoms with Crippen molar-refractivity contribution in [3.8, 4) is 5.75 Å². The van der Waals surface area contributed by atoms with Gasteiger partial charge in [0.1, 0.15) is 5.75 Å². The summed E-state index contributed by atoms with van der Waals surface area (Å²) in [5, 5.41) is 12.3. The van der Waals surface area contributed by atoms with E-state index in [1.54, 1.807) is 41.8 Å². The van der Waals surface area contributed by atoms with Crippen LogP contribution in [0.3, 0.4) is 0 Å². The fourth-order valence-electron chi connectivity index (χ4n) is 1.89. The van der Waals surface area contributed by atoms with Crippen molar-refractivity contribution < 1.29 is 14.7 Å². The van der Waals surface area contributed by atoms with Crippen molar-refractivity contribution in [2.24, 2.45) is 0 Å². The van der Waals surface area contributed by atoms with E-state index in [1.165, 1.54) is 17.4 Å². The van der Waals surface area contributed by atoms with Crippen molar-refractivity contribution >= 4 is 57.5 Å². The molecule has 2 amide bonds. The Morgan fingerprint density at radius 3 is 2.83 bits per heavy atom. The Kier molecular flexibility index (Phi) is 4.46. The Labute approximate surface area is 145 Å². The lowest BCUT2D eigenvalue weighted by Gasteiger charge is -2.14. The largest absolute Gasteiger partial charge is 0.508 e. The smallest absolute Gasteiger partial charge is 0.285 e. The fourth-order valence-corrected chi connectivity index (χ4v) is 3.69. The first-order valence-corrected chi connectivity index (χ1v) is 8.56. The zero-order valence-electron chi connectivity index (χ0n) is 11.6. The highest BCUT2D eigenvalue weighted by atomic mass is 32.2. The van der Waals surface area contributed by atoms with E-state index in [1.807, 2.05) is 0 Å². The summed E-state index contributed by atoms with van der Waals surface area (Å²) in [6, 6.07) is 9.95. The van der Waals surface area contributed by atoms with Crippen LogP contribution in [-0.2, 0) is 4.79 Å². The molecule has 2 heterocycles. The minimum absolute atomic E-state index is 0.111. The topological polar surface area (TPSA) is 69.6 Å².